The molecule has 49 heavy (non-hydrogen) atoms. The summed E-state index contributed by atoms with van der Waals surface area (Å²) in [5.74, 6) is 0.0423. The van der Waals surface area contributed by atoms with Crippen molar-refractivity contribution < 1.29 is 40.6 Å². The van der Waals surface area contributed by atoms with Crippen LogP contribution in [0.15, 0.2) is 36.4 Å². The van der Waals surface area contributed by atoms with Crippen LogP contribution in [0.4, 0.5) is 26.3 Å². The Balaban J connectivity index is 1.60. The molecule has 2 N–H and O–H groups in total. The van der Waals surface area contributed by atoms with Crippen LogP contribution < -0.4 is 9.47 Å². The highest BCUT2D eigenvalue weighted by Crippen LogP contribution is 2.42. The van der Waals surface area contributed by atoms with E-state index in [-0.39, 0.29) is 12.5 Å². The van der Waals surface area contributed by atoms with E-state index in [1.165, 1.54) is 39.7 Å². The average molecular weight is 697 g/mol. The number of likely N-dealkylation sites (tertiary alicyclic amines) is 2. The molecule has 270 valence electrons. The molecule has 2 saturated heterocycles. The minimum absolute atomic E-state index is 0.0219. The Morgan fingerprint density at radius 3 is 2.00 bits per heavy atom. The smallest absolute Gasteiger partial charge is 0.416 e. The van der Waals surface area contributed by atoms with Crippen LogP contribution in [0.5, 0.6) is 11.5 Å². The number of methoxy groups -OCH3 is 2. The maximum atomic E-state index is 13.5. The molecule has 7 nitrogen and oxygen atoms in total. The molecule has 2 fully saturated rings. The number of piperidine rings is 2. The van der Waals surface area contributed by atoms with E-state index in [9.17, 15) is 31.1 Å². The van der Waals surface area contributed by atoms with Crippen LogP contribution in [0.1, 0.15) is 80.0 Å². The summed E-state index contributed by atoms with van der Waals surface area (Å²) in [7, 11) is 2.99. The van der Waals surface area contributed by atoms with Crippen molar-refractivity contribution in [2.24, 2.45) is 0 Å². The molecule has 13 heteroatoms. The van der Waals surface area contributed by atoms with Gasteiger partial charge in [0.15, 0.2) is 17.3 Å². The topological polar surface area (TPSA) is 89.7 Å². The lowest BCUT2D eigenvalue weighted by Gasteiger charge is -2.42. The standard InChI is InChI=1S/C36H46F6N4O3/c1-48-32-8-7-26(23-33(32)49-2)34(11-6-13-43,12-18-45-16-9-29(10-17-45)46-14-4-3-5-15-46)24-30(44)31(47)21-25-19-27(35(37,38)39)22-28(20-25)36(40,41)42/h7-8,13,19-20,22-23,29,43-44H,3-6,9-12,14-18,21,24H2,1-2H3/t34-/m0/s1. The second kappa shape index (κ2) is 16.5. The van der Waals surface area contributed by atoms with Gasteiger partial charge in [0.2, 0.25) is 0 Å². The number of nitrogens with zero attached hydrogens (tertiary/aromatic N) is 2. The number of carbonyl (C=O) groups is 1. The van der Waals surface area contributed by atoms with Gasteiger partial charge >= 0.3 is 12.4 Å². The number of hydrogen-bond donors (Lipinski definition) is 2. The normalized spacial score (nSPS) is 18.1. The third kappa shape index (κ3) is 10.1. The monoisotopic (exact) mass is 696 g/mol. The largest absolute Gasteiger partial charge is 0.493 e. The van der Waals surface area contributed by atoms with Crippen molar-refractivity contribution in [3.63, 3.8) is 0 Å². The molecule has 2 aromatic carbocycles. The van der Waals surface area contributed by atoms with Gasteiger partial charge in [-0.1, -0.05) is 12.5 Å². The van der Waals surface area contributed by atoms with Gasteiger partial charge in [0.1, 0.15) is 0 Å². The summed E-state index contributed by atoms with van der Waals surface area (Å²) >= 11 is 0. The highest BCUT2D eigenvalue weighted by atomic mass is 19.4. The Morgan fingerprint density at radius 1 is 0.837 bits per heavy atom. The Hall–Kier alpha value is -3.45. The van der Waals surface area contributed by atoms with E-state index in [1.54, 1.807) is 12.1 Å². The highest BCUT2D eigenvalue weighted by Gasteiger charge is 2.39. The number of hydrogen-bond acceptors (Lipinski definition) is 7. The molecule has 0 aromatic heterocycles. The van der Waals surface area contributed by atoms with Crippen LogP contribution in [0.3, 0.4) is 0 Å². The van der Waals surface area contributed by atoms with Gasteiger partial charge in [0.05, 0.1) is 31.1 Å². The molecule has 0 amide bonds. The molecule has 1 atom stereocenters. The highest BCUT2D eigenvalue weighted by molar-refractivity contribution is 6.39. The Kier molecular flexibility index (Phi) is 12.9. The first-order chi connectivity index (χ1) is 23.2. The third-order valence-corrected chi connectivity index (χ3v) is 10.00. The van der Waals surface area contributed by atoms with Crippen molar-refractivity contribution in [3.8, 4) is 11.5 Å². The number of halogens is 6. The van der Waals surface area contributed by atoms with E-state index >= 15 is 0 Å². The Labute approximate surface area is 284 Å². The summed E-state index contributed by atoms with van der Waals surface area (Å²) in [5.41, 5.74) is -4.01. The molecular formula is C36H46F6N4O3. The molecule has 0 radical (unpaired) electrons. The molecule has 0 spiro atoms. The van der Waals surface area contributed by atoms with Crippen LogP contribution in [-0.2, 0) is 29.0 Å². The zero-order valence-corrected chi connectivity index (χ0v) is 28.1. The number of benzene rings is 2. The first-order valence-electron chi connectivity index (χ1n) is 16.8. The Morgan fingerprint density at radius 2 is 1.45 bits per heavy atom. The molecular weight excluding hydrogens is 650 g/mol. The van der Waals surface area contributed by atoms with Gasteiger partial charge in [0.25, 0.3) is 0 Å². The van der Waals surface area contributed by atoms with Crippen molar-refractivity contribution in [3.05, 3.63) is 58.7 Å². The van der Waals surface area contributed by atoms with Gasteiger partial charge in [-0.25, -0.2) is 0 Å². The van der Waals surface area contributed by atoms with Crippen molar-refractivity contribution >= 4 is 17.7 Å². The molecule has 2 aromatic rings. The van der Waals surface area contributed by atoms with Crippen molar-refractivity contribution in [2.75, 3.05) is 46.9 Å². The van der Waals surface area contributed by atoms with E-state index in [0.29, 0.717) is 55.5 Å². The van der Waals surface area contributed by atoms with Gasteiger partial charge in [-0.3, -0.25) is 4.79 Å². The number of ketones is 1. The summed E-state index contributed by atoms with van der Waals surface area (Å²) < 4.78 is 91.9. The fraction of sp³-hybridized carbons (Fsp3) is 0.583. The van der Waals surface area contributed by atoms with Crippen molar-refractivity contribution in [2.45, 2.75) is 88.0 Å². The SMILES string of the molecule is COc1ccc([C@@](CCC=N)(CCN2CCC(N3CCCCC3)CC2)CC(=N)C(=O)Cc2cc(C(F)(F)F)cc(C(F)(F)F)c2)cc1OC. The summed E-state index contributed by atoms with van der Waals surface area (Å²) in [5, 5.41) is 16.7. The van der Waals surface area contributed by atoms with Crippen LogP contribution >= 0.6 is 0 Å². The molecule has 2 aliphatic rings. The van der Waals surface area contributed by atoms with E-state index in [0.717, 1.165) is 44.6 Å². The molecule has 0 unspecified atom stereocenters. The van der Waals surface area contributed by atoms with Crippen LogP contribution in [-0.4, -0.2) is 80.5 Å². The first kappa shape index (κ1) is 38.4. The van der Waals surface area contributed by atoms with Crippen molar-refractivity contribution in [1.29, 1.82) is 10.8 Å². The lowest BCUT2D eigenvalue weighted by atomic mass is 9.69. The number of alkyl halides is 6. The molecule has 4 rings (SSSR count). The van der Waals surface area contributed by atoms with E-state index in [1.807, 2.05) is 6.07 Å². The van der Waals surface area contributed by atoms with E-state index in [2.05, 4.69) is 9.80 Å². The summed E-state index contributed by atoms with van der Waals surface area (Å²) in [6, 6.07) is 6.97. The molecule has 2 aliphatic heterocycles. The second-order valence-electron chi connectivity index (χ2n) is 13.2. The molecule has 0 aliphatic carbocycles. The first-order valence-corrected chi connectivity index (χ1v) is 16.8. The molecule has 0 saturated carbocycles. The van der Waals surface area contributed by atoms with E-state index in [4.69, 9.17) is 20.3 Å². The predicted molar refractivity (Wildman–Crippen MR) is 176 cm³/mol. The third-order valence-electron chi connectivity index (χ3n) is 10.00. The van der Waals surface area contributed by atoms with Crippen molar-refractivity contribution in [1.82, 2.24) is 9.80 Å². The zero-order valence-electron chi connectivity index (χ0n) is 28.1. The van der Waals surface area contributed by atoms with Crippen LogP contribution in [0.25, 0.3) is 0 Å². The minimum atomic E-state index is -5.05. The zero-order chi connectivity index (χ0) is 35.8. The fourth-order valence-corrected chi connectivity index (χ4v) is 7.22. The van der Waals surface area contributed by atoms with Crippen LogP contribution in [0.2, 0.25) is 0 Å². The minimum Gasteiger partial charge on any atom is -0.493 e. The number of nitrogens with one attached hydrogen (secondary N) is 2. The van der Waals surface area contributed by atoms with E-state index < -0.39 is 52.4 Å². The van der Waals surface area contributed by atoms with Gasteiger partial charge in [-0.05, 0) is 125 Å². The predicted octanol–water partition coefficient (Wildman–Crippen LogP) is 7.97. The van der Waals surface area contributed by atoms with Gasteiger partial charge in [-0.15, -0.1) is 0 Å². The van der Waals surface area contributed by atoms with Gasteiger partial charge < -0.3 is 30.1 Å². The van der Waals surface area contributed by atoms with Gasteiger partial charge in [0, 0.05) is 24.3 Å². The number of rotatable bonds is 15. The summed E-state index contributed by atoms with van der Waals surface area (Å²) in [4.78, 5) is 18.4. The lowest BCUT2D eigenvalue weighted by molar-refractivity contribution is -0.143. The maximum absolute atomic E-state index is 13.5. The Bertz CT molecular complexity index is 1420. The summed E-state index contributed by atoms with van der Waals surface area (Å²) in [6.07, 6.45) is -2.75. The van der Waals surface area contributed by atoms with Gasteiger partial charge in [-0.2, -0.15) is 26.3 Å². The molecule has 2 heterocycles. The average Bonchev–Trinajstić information content (AvgIpc) is 3.08. The second-order valence-corrected chi connectivity index (χ2v) is 13.2. The number of carbonyl (C=O) groups excluding carboxylic acids is 1. The maximum Gasteiger partial charge on any atom is 0.416 e. The quantitative estimate of drug-likeness (QED) is 0.146. The lowest BCUT2D eigenvalue weighted by Crippen LogP contribution is -2.47. The molecule has 0 bridgehead atoms. The number of ether oxygens (including phenoxy) is 2. The summed E-state index contributed by atoms with van der Waals surface area (Å²) in [6.45, 7) is 4.68. The number of Topliss-reactive ketones (excluding diaryl/α,β-unsaturated/α-hetero) is 1. The fourth-order valence-electron chi connectivity index (χ4n) is 7.22. The van der Waals surface area contributed by atoms with Crippen LogP contribution in [0, 0.1) is 10.8 Å².